The smallest absolute Gasteiger partial charge is 0.251 e. The molecule has 1 aromatic heterocycles. The topological polar surface area (TPSA) is 25.4 Å². The highest BCUT2D eigenvalue weighted by molar-refractivity contribution is 5.27. The second-order valence-electron chi connectivity index (χ2n) is 5.14. The molecule has 19 heavy (non-hydrogen) atoms. The second kappa shape index (κ2) is 6.39. The van der Waals surface area contributed by atoms with E-state index in [1.165, 1.54) is 0 Å². The van der Waals surface area contributed by atoms with Crippen molar-refractivity contribution in [3.05, 3.63) is 29.1 Å². The van der Waals surface area contributed by atoms with Crippen LogP contribution in [0, 0.1) is 6.92 Å². The lowest BCUT2D eigenvalue weighted by Gasteiger charge is -2.20. The zero-order valence-electron chi connectivity index (χ0n) is 11.4. The molecule has 0 aromatic carbocycles. The SMILES string of the molecule is Cc1ccc([C@@H]2CCOC2)c(CN(C)CC(F)F)n1. The van der Waals surface area contributed by atoms with E-state index in [2.05, 4.69) is 11.1 Å². The molecule has 1 fully saturated rings. The molecule has 1 saturated heterocycles. The summed E-state index contributed by atoms with van der Waals surface area (Å²) in [5, 5.41) is 0. The van der Waals surface area contributed by atoms with E-state index < -0.39 is 6.43 Å². The van der Waals surface area contributed by atoms with Crippen LogP contribution >= 0.6 is 0 Å². The van der Waals surface area contributed by atoms with Gasteiger partial charge in [-0.25, -0.2) is 8.78 Å². The molecule has 0 bridgehead atoms. The van der Waals surface area contributed by atoms with Gasteiger partial charge in [0.05, 0.1) is 18.8 Å². The zero-order chi connectivity index (χ0) is 13.8. The predicted octanol–water partition coefficient (Wildman–Crippen LogP) is 2.59. The fraction of sp³-hybridized carbons (Fsp3) is 0.643. The summed E-state index contributed by atoms with van der Waals surface area (Å²) in [5.74, 6) is 0.350. The van der Waals surface area contributed by atoms with Crippen molar-refractivity contribution in [3.63, 3.8) is 0 Å². The van der Waals surface area contributed by atoms with Crippen molar-refractivity contribution in [3.8, 4) is 0 Å². The highest BCUT2D eigenvalue weighted by atomic mass is 19.3. The van der Waals surface area contributed by atoms with Gasteiger partial charge in [0, 0.05) is 24.8 Å². The first kappa shape index (κ1) is 14.3. The molecule has 0 spiro atoms. The van der Waals surface area contributed by atoms with Crippen LogP contribution in [0.2, 0.25) is 0 Å². The number of aryl methyl sites for hydroxylation is 1. The van der Waals surface area contributed by atoms with Crippen LogP contribution in [0.3, 0.4) is 0 Å². The van der Waals surface area contributed by atoms with E-state index in [0.29, 0.717) is 19.1 Å². The molecular weight excluding hydrogens is 250 g/mol. The first-order valence-corrected chi connectivity index (χ1v) is 6.57. The summed E-state index contributed by atoms with van der Waals surface area (Å²) >= 11 is 0. The van der Waals surface area contributed by atoms with Gasteiger partial charge >= 0.3 is 0 Å². The molecule has 0 saturated carbocycles. The van der Waals surface area contributed by atoms with Gasteiger partial charge in [0.1, 0.15) is 0 Å². The van der Waals surface area contributed by atoms with Crippen LogP contribution in [0.25, 0.3) is 0 Å². The van der Waals surface area contributed by atoms with Gasteiger partial charge in [0.25, 0.3) is 6.43 Å². The van der Waals surface area contributed by atoms with Crippen molar-refractivity contribution < 1.29 is 13.5 Å². The molecule has 0 N–H and O–H groups in total. The summed E-state index contributed by atoms with van der Waals surface area (Å²) in [5.41, 5.74) is 2.96. The third kappa shape index (κ3) is 3.94. The normalized spacial score (nSPS) is 19.6. The van der Waals surface area contributed by atoms with E-state index in [-0.39, 0.29) is 6.54 Å². The van der Waals surface area contributed by atoms with Crippen LogP contribution in [0.5, 0.6) is 0 Å². The summed E-state index contributed by atoms with van der Waals surface area (Å²) in [6.45, 7) is 3.63. The van der Waals surface area contributed by atoms with Gasteiger partial charge < -0.3 is 4.74 Å². The molecule has 0 radical (unpaired) electrons. The van der Waals surface area contributed by atoms with Gasteiger partial charge in [-0.15, -0.1) is 0 Å². The Morgan fingerprint density at radius 3 is 2.89 bits per heavy atom. The van der Waals surface area contributed by atoms with E-state index in [1.807, 2.05) is 13.0 Å². The maximum absolute atomic E-state index is 12.4. The number of hydrogen-bond donors (Lipinski definition) is 0. The lowest BCUT2D eigenvalue weighted by atomic mass is 9.96. The van der Waals surface area contributed by atoms with Crippen LogP contribution in [0.1, 0.15) is 29.3 Å². The third-order valence-corrected chi connectivity index (χ3v) is 3.39. The Bertz CT molecular complexity index is 420. The van der Waals surface area contributed by atoms with Crippen LogP contribution < -0.4 is 0 Å². The number of alkyl halides is 2. The molecular formula is C14H20F2N2O. The minimum absolute atomic E-state index is 0.226. The van der Waals surface area contributed by atoms with E-state index >= 15 is 0 Å². The molecule has 2 heterocycles. The molecule has 3 nitrogen and oxygen atoms in total. The van der Waals surface area contributed by atoms with Crippen molar-refractivity contribution in [2.45, 2.75) is 32.2 Å². The first-order chi connectivity index (χ1) is 9.06. The van der Waals surface area contributed by atoms with E-state index in [4.69, 9.17) is 4.74 Å². The minimum Gasteiger partial charge on any atom is -0.381 e. The molecule has 1 aliphatic rings. The van der Waals surface area contributed by atoms with E-state index in [9.17, 15) is 8.78 Å². The monoisotopic (exact) mass is 270 g/mol. The molecule has 1 aliphatic heterocycles. The maximum Gasteiger partial charge on any atom is 0.251 e. The Kier molecular flexibility index (Phi) is 4.82. The standard InChI is InChI=1S/C14H20F2N2O/c1-10-3-4-12(11-5-6-19-9-11)13(17-10)7-18(2)8-14(15)16/h3-4,11,14H,5-9H2,1-2H3/t11-/m1/s1. The Balaban J connectivity index is 2.14. The average Bonchev–Trinajstić information content (AvgIpc) is 2.81. The maximum atomic E-state index is 12.4. The van der Waals surface area contributed by atoms with Crippen molar-refractivity contribution in [1.29, 1.82) is 0 Å². The number of hydrogen-bond acceptors (Lipinski definition) is 3. The molecule has 1 atom stereocenters. The van der Waals surface area contributed by atoms with Crippen molar-refractivity contribution in [2.24, 2.45) is 0 Å². The average molecular weight is 270 g/mol. The number of pyridine rings is 1. The number of ether oxygens (including phenoxy) is 1. The summed E-state index contributed by atoms with van der Waals surface area (Å²) < 4.78 is 30.2. The lowest BCUT2D eigenvalue weighted by molar-refractivity contribution is 0.0968. The summed E-state index contributed by atoms with van der Waals surface area (Å²) in [4.78, 5) is 6.14. The van der Waals surface area contributed by atoms with Crippen molar-refractivity contribution in [1.82, 2.24) is 9.88 Å². The summed E-state index contributed by atoms with van der Waals surface area (Å²) in [6.07, 6.45) is -1.33. The Morgan fingerprint density at radius 1 is 1.47 bits per heavy atom. The lowest BCUT2D eigenvalue weighted by Crippen LogP contribution is -2.25. The molecule has 0 aliphatic carbocycles. The highest BCUT2D eigenvalue weighted by Crippen LogP contribution is 2.28. The van der Waals surface area contributed by atoms with Gasteiger partial charge in [-0.05, 0) is 32.0 Å². The number of halogens is 2. The van der Waals surface area contributed by atoms with Crippen molar-refractivity contribution >= 4 is 0 Å². The third-order valence-electron chi connectivity index (χ3n) is 3.39. The highest BCUT2D eigenvalue weighted by Gasteiger charge is 2.22. The predicted molar refractivity (Wildman–Crippen MR) is 69.5 cm³/mol. The Labute approximate surface area is 112 Å². The van der Waals surface area contributed by atoms with Crippen molar-refractivity contribution in [2.75, 3.05) is 26.8 Å². The summed E-state index contributed by atoms with van der Waals surface area (Å²) in [6, 6.07) is 4.04. The number of nitrogens with zero attached hydrogens (tertiary/aromatic N) is 2. The summed E-state index contributed by atoms with van der Waals surface area (Å²) in [7, 11) is 1.70. The van der Waals surface area contributed by atoms with Gasteiger partial charge in [-0.1, -0.05) is 6.07 Å². The van der Waals surface area contributed by atoms with Gasteiger partial charge in [0.2, 0.25) is 0 Å². The first-order valence-electron chi connectivity index (χ1n) is 6.57. The molecule has 5 heteroatoms. The largest absolute Gasteiger partial charge is 0.381 e. The van der Waals surface area contributed by atoms with Gasteiger partial charge in [0.15, 0.2) is 0 Å². The van der Waals surface area contributed by atoms with E-state index in [1.54, 1.807) is 11.9 Å². The Hall–Kier alpha value is -1.07. The van der Waals surface area contributed by atoms with Gasteiger partial charge in [-0.2, -0.15) is 0 Å². The van der Waals surface area contributed by atoms with E-state index in [0.717, 1.165) is 30.0 Å². The fourth-order valence-electron chi connectivity index (χ4n) is 2.46. The minimum atomic E-state index is -2.31. The Morgan fingerprint density at radius 2 is 2.26 bits per heavy atom. The van der Waals surface area contributed by atoms with Crippen LogP contribution in [0.4, 0.5) is 8.78 Å². The molecule has 1 aromatic rings. The molecule has 106 valence electrons. The van der Waals surface area contributed by atoms with Crippen LogP contribution in [-0.4, -0.2) is 43.1 Å². The van der Waals surface area contributed by atoms with Crippen LogP contribution in [0.15, 0.2) is 12.1 Å². The number of rotatable bonds is 5. The molecule has 0 amide bonds. The molecule has 2 rings (SSSR count). The second-order valence-corrected chi connectivity index (χ2v) is 5.14. The number of aromatic nitrogens is 1. The molecule has 0 unspecified atom stereocenters. The quantitative estimate of drug-likeness (QED) is 0.822. The van der Waals surface area contributed by atoms with Gasteiger partial charge in [-0.3, -0.25) is 9.88 Å². The zero-order valence-corrected chi connectivity index (χ0v) is 11.4. The fourth-order valence-corrected chi connectivity index (χ4v) is 2.46. The van der Waals surface area contributed by atoms with Crippen LogP contribution in [-0.2, 0) is 11.3 Å².